The van der Waals surface area contributed by atoms with Crippen molar-refractivity contribution in [3.8, 4) is 5.75 Å². The SMILES string of the molecule is Cc1ccc(/C(O)=C2\C(=O)C(=O)N(c3cccc(OC(F)(F)F)c3)C2c2cccc(C)c2)cc1. The third-order valence-electron chi connectivity index (χ3n) is 5.46. The van der Waals surface area contributed by atoms with Crippen molar-refractivity contribution in [1.82, 2.24) is 0 Å². The molecule has 174 valence electrons. The number of amides is 1. The number of carbonyl (C=O) groups excluding carboxylic acids is 2. The number of rotatable bonds is 4. The molecule has 0 radical (unpaired) electrons. The number of carbonyl (C=O) groups is 2. The average molecular weight is 467 g/mol. The van der Waals surface area contributed by atoms with E-state index in [4.69, 9.17) is 0 Å². The van der Waals surface area contributed by atoms with Gasteiger partial charge in [-0.15, -0.1) is 13.2 Å². The molecule has 8 heteroatoms. The molecule has 1 aliphatic heterocycles. The Balaban J connectivity index is 1.91. The summed E-state index contributed by atoms with van der Waals surface area (Å²) in [4.78, 5) is 27.4. The second-order valence-corrected chi connectivity index (χ2v) is 7.99. The van der Waals surface area contributed by atoms with Gasteiger partial charge in [-0.25, -0.2) is 0 Å². The highest BCUT2D eigenvalue weighted by Gasteiger charge is 2.47. The lowest BCUT2D eigenvalue weighted by Crippen LogP contribution is -2.29. The van der Waals surface area contributed by atoms with E-state index in [9.17, 15) is 27.9 Å². The molecule has 1 unspecified atom stereocenters. The van der Waals surface area contributed by atoms with Crippen LogP contribution in [0.15, 0.2) is 78.4 Å². The van der Waals surface area contributed by atoms with Gasteiger partial charge in [-0.3, -0.25) is 14.5 Å². The first-order chi connectivity index (χ1) is 16.0. The van der Waals surface area contributed by atoms with Crippen LogP contribution < -0.4 is 9.64 Å². The summed E-state index contributed by atoms with van der Waals surface area (Å²) in [6.07, 6.45) is -4.92. The summed E-state index contributed by atoms with van der Waals surface area (Å²) in [5.74, 6) is -2.81. The van der Waals surface area contributed by atoms with Gasteiger partial charge in [0.15, 0.2) is 0 Å². The number of ether oxygens (including phenoxy) is 1. The first-order valence-corrected chi connectivity index (χ1v) is 10.4. The van der Waals surface area contributed by atoms with Gasteiger partial charge in [0.1, 0.15) is 11.5 Å². The van der Waals surface area contributed by atoms with E-state index in [0.717, 1.165) is 28.2 Å². The highest BCUT2D eigenvalue weighted by molar-refractivity contribution is 6.51. The standard InChI is InChI=1S/C26H20F3NO4/c1-15-9-11-17(12-10-15)23(31)21-22(18-6-3-5-16(2)13-18)30(25(33)24(21)32)19-7-4-8-20(14-19)34-26(27,28)29/h3-14,22,31H,1-2H3/b23-21+. The highest BCUT2D eigenvalue weighted by atomic mass is 19.4. The molecule has 1 fully saturated rings. The van der Waals surface area contributed by atoms with Gasteiger partial charge in [0.2, 0.25) is 0 Å². The van der Waals surface area contributed by atoms with Crippen molar-refractivity contribution >= 4 is 23.1 Å². The number of halogens is 3. The Kier molecular flexibility index (Phi) is 5.91. The highest BCUT2D eigenvalue weighted by Crippen LogP contribution is 2.43. The molecule has 1 aliphatic rings. The topological polar surface area (TPSA) is 66.8 Å². The van der Waals surface area contributed by atoms with Crippen molar-refractivity contribution in [3.05, 3.63) is 101 Å². The van der Waals surface area contributed by atoms with Gasteiger partial charge < -0.3 is 9.84 Å². The Bertz CT molecular complexity index is 1300. The van der Waals surface area contributed by atoms with Gasteiger partial charge in [-0.05, 0) is 31.5 Å². The van der Waals surface area contributed by atoms with Crippen molar-refractivity contribution in [1.29, 1.82) is 0 Å². The summed E-state index contributed by atoms with van der Waals surface area (Å²) in [6, 6.07) is 17.6. The third-order valence-corrected chi connectivity index (χ3v) is 5.46. The van der Waals surface area contributed by atoms with Crippen LogP contribution in [0.5, 0.6) is 5.75 Å². The molecule has 1 heterocycles. The van der Waals surface area contributed by atoms with Crippen molar-refractivity contribution in [2.75, 3.05) is 4.90 Å². The van der Waals surface area contributed by atoms with Crippen LogP contribution >= 0.6 is 0 Å². The van der Waals surface area contributed by atoms with Crippen LogP contribution in [0.1, 0.15) is 28.3 Å². The van der Waals surface area contributed by atoms with Gasteiger partial charge >= 0.3 is 6.36 Å². The molecular weight excluding hydrogens is 447 g/mol. The smallest absolute Gasteiger partial charge is 0.507 e. The molecule has 4 rings (SSSR count). The Hall–Kier alpha value is -4.07. The molecule has 0 spiro atoms. The molecule has 0 bridgehead atoms. The Morgan fingerprint density at radius 3 is 2.24 bits per heavy atom. The minimum absolute atomic E-state index is 0.0262. The van der Waals surface area contributed by atoms with Crippen LogP contribution in [-0.4, -0.2) is 23.2 Å². The van der Waals surface area contributed by atoms with E-state index in [2.05, 4.69) is 4.74 Å². The van der Waals surface area contributed by atoms with Crippen LogP contribution in [0.3, 0.4) is 0 Å². The largest absolute Gasteiger partial charge is 0.573 e. The average Bonchev–Trinajstić information content (AvgIpc) is 3.03. The predicted molar refractivity (Wildman–Crippen MR) is 120 cm³/mol. The lowest BCUT2D eigenvalue weighted by Gasteiger charge is -2.26. The van der Waals surface area contributed by atoms with Gasteiger partial charge in [-0.1, -0.05) is 65.7 Å². The summed E-state index contributed by atoms with van der Waals surface area (Å²) in [5.41, 5.74) is 2.52. The minimum Gasteiger partial charge on any atom is -0.507 e. The number of alkyl halides is 3. The van der Waals surface area contributed by atoms with Crippen LogP contribution in [0.4, 0.5) is 18.9 Å². The molecule has 1 amide bonds. The quantitative estimate of drug-likeness (QED) is 0.298. The summed E-state index contributed by atoms with van der Waals surface area (Å²) in [7, 11) is 0. The Morgan fingerprint density at radius 2 is 1.59 bits per heavy atom. The van der Waals surface area contributed by atoms with Crippen LogP contribution in [0, 0.1) is 13.8 Å². The fourth-order valence-corrected chi connectivity index (χ4v) is 3.95. The van der Waals surface area contributed by atoms with Gasteiger partial charge in [0, 0.05) is 17.3 Å². The first-order valence-electron chi connectivity index (χ1n) is 10.4. The maximum atomic E-state index is 13.1. The molecule has 0 aromatic heterocycles. The number of nitrogens with zero attached hydrogens (tertiary/aromatic N) is 1. The summed E-state index contributed by atoms with van der Waals surface area (Å²) >= 11 is 0. The molecular formula is C26H20F3NO4. The summed E-state index contributed by atoms with van der Waals surface area (Å²) < 4.78 is 42.3. The number of benzene rings is 3. The Labute approximate surface area is 193 Å². The lowest BCUT2D eigenvalue weighted by molar-refractivity contribution is -0.274. The monoisotopic (exact) mass is 467 g/mol. The summed E-state index contributed by atoms with van der Waals surface area (Å²) in [5, 5.41) is 11.1. The molecule has 1 atom stereocenters. The summed E-state index contributed by atoms with van der Waals surface area (Å²) in [6.45, 7) is 3.69. The van der Waals surface area contributed by atoms with Gasteiger partial charge in [0.25, 0.3) is 11.7 Å². The molecule has 0 aliphatic carbocycles. The zero-order chi connectivity index (χ0) is 24.6. The Morgan fingerprint density at radius 1 is 0.912 bits per heavy atom. The number of hydrogen-bond acceptors (Lipinski definition) is 4. The van der Waals surface area contributed by atoms with E-state index in [1.165, 1.54) is 12.1 Å². The number of Topliss-reactive ketones (excluding diaryl/α,β-unsaturated/α-hetero) is 1. The van der Waals surface area contributed by atoms with Gasteiger partial charge in [-0.2, -0.15) is 0 Å². The van der Waals surface area contributed by atoms with E-state index in [0.29, 0.717) is 11.1 Å². The minimum atomic E-state index is -4.92. The second kappa shape index (κ2) is 8.70. The van der Waals surface area contributed by atoms with E-state index in [1.807, 2.05) is 19.9 Å². The number of hydrogen-bond donors (Lipinski definition) is 1. The second-order valence-electron chi connectivity index (χ2n) is 7.99. The zero-order valence-corrected chi connectivity index (χ0v) is 18.3. The fraction of sp³-hybridized carbons (Fsp3) is 0.154. The number of aliphatic hydroxyl groups is 1. The first kappa shape index (κ1) is 23.1. The van der Waals surface area contributed by atoms with E-state index >= 15 is 0 Å². The number of anilines is 1. The van der Waals surface area contributed by atoms with Crippen molar-refractivity contribution < 1.29 is 32.6 Å². The molecule has 0 saturated carbocycles. The van der Waals surface area contributed by atoms with Gasteiger partial charge in [0.05, 0.1) is 11.6 Å². The fourth-order valence-electron chi connectivity index (χ4n) is 3.95. The number of aliphatic hydroxyl groups excluding tert-OH is 1. The van der Waals surface area contributed by atoms with Crippen LogP contribution in [0.25, 0.3) is 5.76 Å². The van der Waals surface area contributed by atoms with Crippen LogP contribution in [0.2, 0.25) is 0 Å². The van der Waals surface area contributed by atoms with Crippen molar-refractivity contribution in [3.63, 3.8) is 0 Å². The van der Waals surface area contributed by atoms with E-state index in [-0.39, 0.29) is 17.0 Å². The zero-order valence-electron chi connectivity index (χ0n) is 18.3. The number of ketones is 1. The van der Waals surface area contributed by atoms with Crippen LogP contribution in [-0.2, 0) is 9.59 Å². The molecule has 3 aromatic carbocycles. The van der Waals surface area contributed by atoms with Crippen molar-refractivity contribution in [2.24, 2.45) is 0 Å². The maximum absolute atomic E-state index is 13.1. The molecule has 1 N–H and O–H groups in total. The molecule has 5 nitrogen and oxygen atoms in total. The maximum Gasteiger partial charge on any atom is 0.573 e. The van der Waals surface area contributed by atoms with Crippen molar-refractivity contribution in [2.45, 2.75) is 26.3 Å². The number of aryl methyl sites for hydroxylation is 2. The van der Waals surface area contributed by atoms with E-state index < -0.39 is 29.8 Å². The third kappa shape index (κ3) is 4.52. The predicted octanol–water partition coefficient (Wildman–Crippen LogP) is 5.83. The molecule has 1 saturated heterocycles. The molecule has 3 aromatic rings. The molecule has 34 heavy (non-hydrogen) atoms. The normalized spacial score (nSPS) is 17.8. The lowest BCUT2D eigenvalue weighted by atomic mass is 9.94. The van der Waals surface area contributed by atoms with E-state index in [1.54, 1.807) is 42.5 Å².